The van der Waals surface area contributed by atoms with Crippen molar-refractivity contribution < 1.29 is 9.47 Å². The molecule has 0 saturated heterocycles. The minimum atomic E-state index is -0.723. The van der Waals surface area contributed by atoms with Crippen LogP contribution in [0.3, 0.4) is 0 Å². The fourth-order valence-electron chi connectivity index (χ4n) is 13.1. The topological polar surface area (TPSA) is 24.9 Å². The van der Waals surface area contributed by atoms with Gasteiger partial charge >= 0.3 is 0 Å². The Balaban J connectivity index is 0.981. The molecule has 4 heteroatoms. The van der Waals surface area contributed by atoms with Crippen LogP contribution in [0.4, 0.5) is 34.1 Å². The van der Waals surface area contributed by atoms with Gasteiger partial charge in [-0.15, -0.1) is 0 Å². The van der Waals surface area contributed by atoms with E-state index in [4.69, 9.17) is 9.47 Å². The van der Waals surface area contributed by atoms with Crippen molar-refractivity contribution in [2.45, 2.75) is 38.5 Å². The molecule has 0 radical (unpaired) electrons. The van der Waals surface area contributed by atoms with E-state index in [2.05, 4.69) is 323 Å². The van der Waals surface area contributed by atoms with Crippen molar-refractivity contribution in [3.63, 3.8) is 0 Å². The Morgan fingerprint density at radius 3 is 1.37 bits per heavy atom. The van der Waals surface area contributed by atoms with Crippen LogP contribution >= 0.6 is 0 Å². The molecule has 4 nitrogen and oxygen atoms in total. The van der Waals surface area contributed by atoms with Crippen LogP contribution in [0.5, 0.6) is 17.2 Å². The zero-order chi connectivity index (χ0) is 54.7. The first kappa shape index (κ1) is 49.4. The minimum absolute atomic E-state index is 0.148. The molecule has 0 fully saturated rings. The molecule has 11 aromatic carbocycles. The van der Waals surface area contributed by atoms with E-state index in [1.807, 2.05) is 0 Å². The molecule has 2 aliphatic heterocycles. The molecular weight excluding hydrogens is 985 g/mol. The number of allylic oxidation sites excluding steroid dienone is 4. The summed E-state index contributed by atoms with van der Waals surface area (Å²) in [5.41, 5.74) is 20.6. The van der Waals surface area contributed by atoms with Crippen LogP contribution in [0.2, 0.25) is 0 Å². The Morgan fingerprint density at radius 1 is 0.346 bits per heavy atom. The number of para-hydroxylation sites is 1. The second kappa shape index (κ2) is 20.1. The SMILES string of the molecule is C/C=C\C=C1\Oc2ccccc2C2(c3ccc(N(c4cccc(-c5ccccc5)c4)c4cccc(-c5ccccc5)c4)cc3Oc3cc(N(c4ccc(-c5ccccc5)cc4)c4ccc5c(c4)C(C)(C)c4ccccc4-5)ccc32)C1C. The highest BCUT2D eigenvalue weighted by molar-refractivity contribution is 5.88. The van der Waals surface area contributed by atoms with E-state index in [1.54, 1.807) is 0 Å². The molecule has 11 aromatic rings. The minimum Gasteiger partial charge on any atom is -0.461 e. The molecule has 390 valence electrons. The van der Waals surface area contributed by atoms with Gasteiger partial charge in [0.15, 0.2) is 0 Å². The van der Waals surface area contributed by atoms with Crippen LogP contribution in [0, 0.1) is 5.92 Å². The zero-order valence-electron chi connectivity index (χ0n) is 45.9. The Labute approximate surface area is 475 Å². The molecule has 1 spiro atoms. The van der Waals surface area contributed by atoms with E-state index in [9.17, 15) is 0 Å². The average molecular weight is 1050 g/mol. The van der Waals surface area contributed by atoms with Gasteiger partial charge in [-0.25, -0.2) is 0 Å². The van der Waals surface area contributed by atoms with Gasteiger partial charge in [0.2, 0.25) is 0 Å². The first-order chi connectivity index (χ1) is 39.8. The van der Waals surface area contributed by atoms with Crippen molar-refractivity contribution in [1.29, 1.82) is 0 Å². The molecule has 2 unspecified atom stereocenters. The normalized spacial score (nSPS) is 16.6. The molecule has 2 heterocycles. The quantitative estimate of drug-likeness (QED) is 0.136. The lowest BCUT2D eigenvalue weighted by Crippen LogP contribution is -2.43. The summed E-state index contributed by atoms with van der Waals surface area (Å²) in [6, 6.07) is 96.8. The highest BCUT2D eigenvalue weighted by atomic mass is 16.5. The van der Waals surface area contributed by atoms with Gasteiger partial charge in [-0.3, -0.25) is 0 Å². The number of benzene rings is 11. The maximum Gasteiger partial charge on any atom is 0.134 e. The summed E-state index contributed by atoms with van der Waals surface area (Å²) in [7, 11) is 0. The van der Waals surface area contributed by atoms with Gasteiger partial charge in [-0.05, 0) is 135 Å². The number of anilines is 6. The highest BCUT2D eigenvalue weighted by Crippen LogP contribution is 2.62. The first-order valence-corrected chi connectivity index (χ1v) is 28.2. The van der Waals surface area contributed by atoms with Crippen LogP contribution in [0.25, 0.3) is 44.5 Å². The van der Waals surface area contributed by atoms with Gasteiger partial charge in [0.1, 0.15) is 23.0 Å². The van der Waals surface area contributed by atoms with Crippen LogP contribution in [-0.4, -0.2) is 0 Å². The lowest BCUT2D eigenvalue weighted by atomic mass is 9.59. The summed E-state index contributed by atoms with van der Waals surface area (Å²) in [5.74, 6) is 3.14. The number of rotatable bonds is 10. The predicted molar refractivity (Wildman–Crippen MR) is 335 cm³/mol. The van der Waals surface area contributed by atoms with Gasteiger partial charge in [-0.1, -0.05) is 221 Å². The number of fused-ring (bicyclic) bond motifs is 9. The summed E-state index contributed by atoms with van der Waals surface area (Å²) in [5, 5.41) is 0. The predicted octanol–water partition coefficient (Wildman–Crippen LogP) is 20.9. The molecule has 1 aliphatic carbocycles. The van der Waals surface area contributed by atoms with Crippen molar-refractivity contribution in [3.05, 3.63) is 319 Å². The maximum atomic E-state index is 7.59. The van der Waals surface area contributed by atoms with Gasteiger partial charge < -0.3 is 19.3 Å². The molecule has 81 heavy (non-hydrogen) atoms. The van der Waals surface area contributed by atoms with E-state index < -0.39 is 5.41 Å². The smallest absolute Gasteiger partial charge is 0.134 e. The largest absolute Gasteiger partial charge is 0.461 e. The third kappa shape index (κ3) is 8.37. The van der Waals surface area contributed by atoms with Crippen LogP contribution < -0.4 is 19.3 Å². The fourth-order valence-corrected chi connectivity index (χ4v) is 13.1. The first-order valence-electron chi connectivity index (χ1n) is 28.2. The monoisotopic (exact) mass is 1040 g/mol. The lowest BCUT2D eigenvalue weighted by molar-refractivity contribution is 0.252. The molecule has 3 aliphatic rings. The summed E-state index contributed by atoms with van der Waals surface area (Å²) < 4.78 is 14.5. The summed E-state index contributed by atoms with van der Waals surface area (Å²) in [4.78, 5) is 4.77. The number of hydrogen-bond acceptors (Lipinski definition) is 4. The van der Waals surface area contributed by atoms with E-state index in [-0.39, 0.29) is 11.3 Å². The Hall–Kier alpha value is -9.90. The molecule has 0 saturated carbocycles. The summed E-state index contributed by atoms with van der Waals surface area (Å²) in [6.45, 7) is 9.07. The zero-order valence-corrected chi connectivity index (χ0v) is 45.9. The Morgan fingerprint density at radius 2 is 0.778 bits per heavy atom. The molecule has 0 aromatic heterocycles. The highest BCUT2D eigenvalue weighted by Gasteiger charge is 2.53. The van der Waals surface area contributed by atoms with E-state index in [0.717, 1.165) is 102 Å². The van der Waals surface area contributed by atoms with Crippen molar-refractivity contribution in [2.75, 3.05) is 9.80 Å². The number of nitrogens with zero attached hydrogens (tertiary/aromatic N) is 2. The Kier molecular flexibility index (Phi) is 12.2. The maximum absolute atomic E-state index is 7.59. The third-order valence-electron chi connectivity index (χ3n) is 17.1. The van der Waals surface area contributed by atoms with Crippen LogP contribution in [0.1, 0.15) is 55.5 Å². The second-order valence-electron chi connectivity index (χ2n) is 22.0. The molecule has 2 atom stereocenters. The molecule has 14 rings (SSSR count). The van der Waals surface area contributed by atoms with Gasteiger partial charge in [-0.2, -0.15) is 0 Å². The molecule has 0 N–H and O–H groups in total. The third-order valence-corrected chi connectivity index (χ3v) is 17.1. The van der Waals surface area contributed by atoms with E-state index in [0.29, 0.717) is 0 Å². The number of hydrogen-bond donors (Lipinski definition) is 0. The van der Waals surface area contributed by atoms with Gasteiger partial charge in [0.25, 0.3) is 0 Å². The van der Waals surface area contributed by atoms with Crippen molar-refractivity contribution in [3.8, 4) is 61.8 Å². The molecular formula is C77H60N2O2. The Bertz CT molecular complexity index is 4150. The van der Waals surface area contributed by atoms with Crippen LogP contribution in [0.15, 0.2) is 291 Å². The average Bonchev–Trinajstić information content (AvgIpc) is 3.42. The molecule has 0 amide bonds. The van der Waals surface area contributed by atoms with E-state index >= 15 is 0 Å². The van der Waals surface area contributed by atoms with Gasteiger partial charge in [0, 0.05) is 74.3 Å². The standard InChI is InChI=1S/C77H60N2O2/c1-5-6-35-72-52(2)77(68-34-18-19-36-73(68)80-72)69-45-42-63(78(59-39-37-56(38-40-59)53-22-10-7-11-23-53)62-41-44-66-65-32-16-17-33-67(65)76(3,4)71(66)49-62)50-74(69)81-75-51-64(43-46-70(75)77)79(60-30-20-28-57(47-60)54-24-12-8-13-25-54)61-31-21-29-58(48-61)55-26-14-9-15-27-55/h5-52H,1-4H3/b6-5-,72-35+. The van der Waals surface area contributed by atoms with Crippen molar-refractivity contribution >= 4 is 34.1 Å². The van der Waals surface area contributed by atoms with Gasteiger partial charge in [0.05, 0.1) is 5.41 Å². The molecule has 0 bridgehead atoms. The number of ether oxygens (including phenoxy) is 2. The van der Waals surface area contributed by atoms with Crippen LogP contribution in [-0.2, 0) is 10.8 Å². The van der Waals surface area contributed by atoms with Crippen molar-refractivity contribution in [1.82, 2.24) is 0 Å². The van der Waals surface area contributed by atoms with E-state index in [1.165, 1.54) is 27.8 Å². The lowest BCUT2D eigenvalue weighted by Gasteiger charge is -2.48. The van der Waals surface area contributed by atoms with Crippen molar-refractivity contribution in [2.24, 2.45) is 5.92 Å². The summed E-state index contributed by atoms with van der Waals surface area (Å²) in [6.07, 6.45) is 6.29. The second-order valence-corrected chi connectivity index (χ2v) is 22.0. The summed E-state index contributed by atoms with van der Waals surface area (Å²) >= 11 is 0. The fraction of sp³-hybridized carbons (Fsp3) is 0.0909.